The fourth-order valence-electron chi connectivity index (χ4n) is 1.68. The number of benzene rings is 1. The van der Waals surface area contributed by atoms with Gasteiger partial charge >= 0.3 is 0 Å². The lowest BCUT2D eigenvalue weighted by atomic mass is 10.2. The third kappa shape index (κ3) is 2.10. The molecule has 1 aromatic carbocycles. The van der Waals surface area contributed by atoms with Crippen LogP contribution in [0.15, 0.2) is 24.4 Å². The van der Waals surface area contributed by atoms with Crippen LogP contribution in [0.1, 0.15) is 21.6 Å². The molecule has 1 aromatic heterocycles. The number of nitrogens with zero attached hydrogens (tertiary/aromatic N) is 2. The Morgan fingerprint density at radius 1 is 1.44 bits per heavy atom. The van der Waals surface area contributed by atoms with Crippen molar-refractivity contribution >= 4 is 17.5 Å². The lowest BCUT2D eigenvalue weighted by Crippen LogP contribution is -2.30. The highest BCUT2D eigenvalue weighted by molar-refractivity contribution is 6.31. The second-order valence-electron chi connectivity index (χ2n) is 3.96. The van der Waals surface area contributed by atoms with Gasteiger partial charge in [-0.2, -0.15) is 5.10 Å². The highest BCUT2D eigenvalue weighted by Gasteiger charge is 2.14. The average molecular weight is 265 g/mol. The Kier molecular flexibility index (Phi) is 3.36. The van der Waals surface area contributed by atoms with Gasteiger partial charge in [-0.15, -0.1) is 0 Å². The van der Waals surface area contributed by atoms with Gasteiger partial charge in [-0.05, 0) is 31.5 Å². The monoisotopic (exact) mass is 264 g/mol. The summed E-state index contributed by atoms with van der Waals surface area (Å²) < 4.78 is 1.65. The van der Waals surface area contributed by atoms with Crippen molar-refractivity contribution in [2.45, 2.75) is 13.8 Å². The van der Waals surface area contributed by atoms with E-state index in [0.29, 0.717) is 16.3 Å². The van der Waals surface area contributed by atoms with Crippen molar-refractivity contribution in [3.05, 3.63) is 46.2 Å². The van der Waals surface area contributed by atoms with Crippen LogP contribution >= 0.6 is 11.6 Å². The number of carbonyl (C=O) groups excluding carboxylic acids is 1. The topological polar surface area (TPSA) is 72.9 Å². The smallest absolute Gasteiger partial charge is 0.268 e. The number of hydrazine groups is 1. The molecule has 0 fully saturated rings. The molecular formula is C12H13ClN4O. The number of aromatic nitrogens is 2. The van der Waals surface area contributed by atoms with Crippen molar-refractivity contribution in [1.82, 2.24) is 15.2 Å². The molecule has 5 nitrogen and oxygen atoms in total. The first-order valence-electron chi connectivity index (χ1n) is 5.36. The minimum absolute atomic E-state index is 0.364. The number of halogens is 1. The Labute approximate surface area is 110 Å². The summed E-state index contributed by atoms with van der Waals surface area (Å²) in [6.07, 6.45) is 1.48. The standard InChI is InChI=1S/C12H13ClN4O/c1-7-3-4-9(5-11(7)13)17-8(2)10(6-15-17)12(18)16-14/h3-6H,14H2,1-2H3,(H,16,18). The van der Waals surface area contributed by atoms with E-state index in [9.17, 15) is 4.79 Å². The zero-order valence-electron chi connectivity index (χ0n) is 10.1. The first-order chi connectivity index (χ1) is 8.54. The summed E-state index contributed by atoms with van der Waals surface area (Å²) in [6.45, 7) is 3.72. The Hall–Kier alpha value is -1.85. The number of nitrogens with one attached hydrogen (secondary N) is 1. The van der Waals surface area contributed by atoms with Gasteiger partial charge < -0.3 is 0 Å². The van der Waals surface area contributed by atoms with Crippen LogP contribution in [0.3, 0.4) is 0 Å². The van der Waals surface area contributed by atoms with Gasteiger partial charge in [0.05, 0.1) is 23.1 Å². The van der Waals surface area contributed by atoms with E-state index in [1.165, 1.54) is 6.20 Å². The van der Waals surface area contributed by atoms with Crippen molar-refractivity contribution in [3.8, 4) is 5.69 Å². The highest BCUT2D eigenvalue weighted by atomic mass is 35.5. The molecule has 1 heterocycles. The predicted octanol–water partition coefficient (Wildman–Crippen LogP) is 1.75. The molecular weight excluding hydrogens is 252 g/mol. The van der Waals surface area contributed by atoms with Crippen LogP contribution in [0.2, 0.25) is 5.02 Å². The van der Waals surface area contributed by atoms with E-state index in [0.717, 1.165) is 11.3 Å². The van der Waals surface area contributed by atoms with Gasteiger partial charge in [0, 0.05) is 5.02 Å². The number of rotatable bonds is 2. The Morgan fingerprint density at radius 2 is 2.17 bits per heavy atom. The van der Waals surface area contributed by atoms with E-state index in [2.05, 4.69) is 10.5 Å². The minimum atomic E-state index is -0.364. The maximum Gasteiger partial charge on any atom is 0.268 e. The average Bonchev–Trinajstić information content (AvgIpc) is 2.74. The predicted molar refractivity (Wildman–Crippen MR) is 69.7 cm³/mol. The number of nitrogen functional groups attached to an aromatic ring is 1. The van der Waals surface area contributed by atoms with Crippen LogP contribution in [0, 0.1) is 13.8 Å². The van der Waals surface area contributed by atoms with Crippen molar-refractivity contribution in [1.29, 1.82) is 0 Å². The van der Waals surface area contributed by atoms with E-state index in [-0.39, 0.29) is 5.91 Å². The largest absolute Gasteiger partial charge is 0.290 e. The second kappa shape index (κ2) is 4.80. The molecule has 0 aliphatic carbocycles. The van der Waals surface area contributed by atoms with Gasteiger partial charge in [0.1, 0.15) is 0 Å². The number of hydrogen-bond acceptors (Lipinski definition) is 3. The van der Waals surface area contributed by atoms with Crippen LogP contribution < -0.4 is 11.3 Å². The summed E-state index contributed by atoms with van der Waals surface area (Å²) >= 11 is 6.07. The van der Waals surface area contributed by atoms with Crippen molar-refractivity contribution in [2.75, 3.05) is 0 Å². The molecule has 0 aliphatic heterocycles. The zero-order chi connectivity index (χ0) is 13.3. The molecule has 1 amide bonds. The SMILES string of the molecule is Cc1ccc(-n2ncc(C(=O)NN)c2C)cc1Cl. The molecule has 94 valence electrons. The summed E-state index contributed by atoms with van der Waals surface area (Å²) in [5.41, 5.74) is 5.03. The molecule has 0 saturated carbocycles. The van der Waals surface area contributed by atoms with E-state index in [1.54, 1.807) is 17.7 Å². The summed E-state index contributed by atoms with van der Waals surface area (Å²) in [7, 11) is 0. The van der Waals surface area contributed by atoms with Gasteiger partial charge in [0.25, 0.3) is 5.91 Å². The number of hydrogen-bond donors (Lipinski definition) is 2. The van der Waals surface area contributed by atoms with Crippen LogP contribution in [-0.2, 0) is 0 Å². The molecule has 0 saturated heterocycles. The van der Waals surface area contributed by atoms with Gasteiger partial charge in [-0.25, -0.2) is 10.5 Å². The van der Waals surface area contributed by atoms with Crippen LogP contribution in [0.5, 0.6) is 0 Å². The molecule has 0 spiro atoms. The van der Waals surface area contributed by atoms with Crippen LogP contribution in [0.25, 0.3) is 5.69 Å². The van der Waals surface area contributed by atoms with Gasteiger partial charge in [0.2, 0.25) is 0 Å². The first kappa shape index (κ1) is 12.6. The Balaban J connectivity index is 2.48. The fourth-order valence-corrected chi connectivity index (χ4v) is 1.86. The van der Waals surface area contributed by atoms with E-state index in [1.807, 2.05) is 19.1 Å². The first-order valence-corrected chi connectivity index (χ1v) is 5.74. The highest BCUT2D eigenvalue weighted by Crippen LogP contribution is 2.21. The third-order valence-electron chi connectivity index (χ3n) is 2.79. The van der Waals surface area contributed by atoms with E-state index in [4.69, 9.17) is 17.4 Å². The molecule has 2 rings (SSSR count). The van der Waals surface area contributed by atoms with E-state index >= 15 is 0 Å². The quantitative estimate of drug-likeness (QED) is 0.493. The summed E-state index contributed by atoms with van der Waals surface area (Å²) in [5, 5.41) is 4.83. The van der Waals surface area contributed by atoms with Crippen molar-refractivity contribution < 1.29 is 4.79 Å². The van der Waals surface area contributed by atoms with Gasteiger partial charge in [-0.1, -0.05) is 17.7 Å². The maximum atomic E-state index is 11.5. The molecule has 2 aromatic rings. The number of nitrogens with two attached hydrogens (primary N) is 1. The summed E-state index contributed by atoms with van der Waals surface area (Å²) in [5.74, 6) is 4.74. The Bertz CT molecular complexity index is 606. The second-order valence-corrected chi connectivity index (χ2v) is 4.37. The minimum Gasteiger partial charge on any atom is -0.290 e. The third-order valence-corrected chi connectivity index (χ3v) is 3.19. The van der Waals surface area contributed by atoms with Crippen molar-refractivity contribution in [3.63, 3.8) is 0 Å². The number of aryl methyl sites for hydroxylation is 1. The van der Waals surface area contributed by atoms with E-state index < -0.39 is 0 Å². The molecule has 0 atom stereocenters. The van der Waals surface area contributed by atoms with Gasteiger partial charge in [0.15, 0.2) is 0 Å². The normalized spacial score (nSPS) is 10.4. The molecule has 0 aliphatic rings. The molecule has 0 unspecified atom stereocenters. The lowest BCUT2D eigenvalue weighted by Gasteiger charge is -2.07. The number of carbonyl (C=O) groups is 1. The summed E-state index contributed by atoms with van der Waals surface area (Å²) in [4.78, 5) is 11.5. The lowest BCUT2D eigenvalue weighted by molar-refractivity contribution is 0.0953. The van der Waals surface area contributed by atoms with Crippen LogP contribution in [0.4, 0.5) is 0 Å². The molecule has 18 heavy (non-hydrogen) atoms. The molecule has 0 bridgehead atoms. The zero-order valence-corrected chi connectivity index (χ0v) is 10.8. The number of amides is 1. The molecule has 6 heteroatoms. The molecule has 0 radical (unpaired) electrons. The maximum absolute atomic E-state index is 11.5. The summed E-state index contributed by atoms with van der Waals surface area (Å²) in [6, 6.07) is 5.60. The van der Waals surface area contributed by atoms with Gasteiger partial charge in [-0.3, -0.25) is 10.2 Å². The fraction of sp³-hybridized carbons (Fsp3) is 0.167. The molecule has 3 N–H and O–H groups in total. The Morgan fingerprint density at radius 3 is 2.78 bits per heavy atom. The van der Waals surface area contributed by atoms with Crippen LogP contribution in [-0.4, -0.2) is 15.7 Å². The van der Waals surface area contributed by atoms with Crippen molar-refractivity contribution in [2.24, 2.45) is 5.84 Å².